The number of ether oxygens (including phenoxy) is 1. The highest BCUT2D eigenvalue weighted by atomic mass is 32.2. The largest absolute Gasteiger partial charge is 0.492 e. The fourth-order valence-electron chi connectivity index (χ4n) is 1.59. The van der Waals surface area contributed by atoms with Crippen LogP contribution in [0.5, 0.6) is 5.75 Å². The van der Waals surface area contributed by atoms with Gasteiger partial charge in [0, 0.05) is 19.0 Å². The summed E-state index contributed by atoms with van der Waals surface area (Å²) < 4.78 is 30.0. The highest BCUT2D eigenvalue weighted by molar-refractivity contribution is 7.90. The maximum absolute atomic E-state index is 11.4. The summed E-state index contributed by atoms with van der Waals surface area (Å²) in [4.78, 5) is 0.237. The quantitative estimate of drug-likeness (QED) is 0.818. The van der Waals surface area contributed by atoms with Crippen LogP contribution in [-0.2, 0) is 22.9 Å². The lowest BCUT2D eigenvalue weighted by atomic mass is 10.3. The van der Waals surface area contributed by atoms with Crippen LogP contribution in [0.1, 0.15) is 5.69 Å². The van der Waals surface area contributed by atoms with Crippen molar-refractivity contribution in [3.8, 4) is 5.75 Å². The van der Waals surface area contributed by atoms with Gasteiger partial charge in [-0.15, -0.1) is 5.10 Å². The number of hydrogen-bond donors (Lipinski definition) is 1. The van der Waals surface area contributed by atoms with Crippen LogP contribution >= 0.6 is 0 Å². The first-order valence-electron chi connectivity index (χ1n) is 6.01. The molecule has 0 atom stereocenters. The lowest BCUT2D eigenvalue weighted by molar-refractivity contribution is 0.289. The predicted molar refractivity (Wildman–Crippen MR) is 73.0 cm³/mol. The SMILES string of the molecule is CS(=O)(=O)c1cccc(OCCn2cc(CN)nn2)c1. The Labute approximate surface area is 117 Å². The second-order valence-corrected chi connectivity index (χ2v) is 6.29. The molecule has 0 unspecified atom stereocenters. The smallest absolute Gasteiger partial charge is 0.175 e. The first kappa shape index (κ1) is 14.5. The van der Waals surface area contributed by atoms with Gasteiger partial charge >= 0.3 is 0 Å². The summed E-state index contributed by atoms with van der Waals surface area (Å²) >= 11 is 0. The minimum Gasteiger partial charge on any atom is -0.492 e. The molecule has 0 saturated carbocycles. The number of benzene rings is 1. The fraction of sp³-hybridized carbons (Fsp3) is 0.333. The molecule has 7 nitrogen and oxygen atoms in total. The molecule has 0 bridgehead atoms. The monoisotopic (exact) mass is 296 g/mol. The van der Waals surface area contributed by atoms with Crippen molar-refractivity contribution in [2.45, 2.75) is 18.0 Å². The van der Waals surface area contributed by atoms with Gasteiger partial charge in [0.25, 0.3) is 0 Å². The predicted octanol–water partition coefficient (Wildman–Crippen LogP) is 0.219. The maximum atomic E-state index is 11.4. The third-order valence-electron chi connectivity index (χ3n) is 2.62. The Balaban J connectivity index is 1.94. The van der Waals surface area contributed by atoms with Gasteiger partial charge in [-0.25, -0.2) is 13.1 Å². The molecule has 0 aliphatic carbocycles. The van der Waals surface area contributed by atoms with E-state index in [4.69, 9.17) is 10.5 Å². The van der Waals surface area contributed by atoms with Crippen LogP contribution in [0, 0.1) is 0 Å². The van der Waals surface area contributed by atoms with Crippen LogP contribution in [0.25, 0.3) is 0 Å². The summed E-state index contributed by atoms with van der Waals surface area (Å²) in [5.74, 6) is 0.507. The van der Waals surface area contributed by atoms with Gasteiger partial charge in [-0.3, -0.25) is 0 Å². The molecule has 2 N–H and O–H groups in total. The molecule has 1 aromatic heterocycles. The second kappa shape index (κ2) is 6.02. The van der Waals surface area contributed by atoms with Crippen LogP contribution in [0.2, 0.25) is 0 Å². The first-order valence-corrected chi connectivity index (χ1v) is 7.90. The van der Waals surface area contributed by atoms with Crippen molar-refractivity contribution in [3.05, 3.63) is 36.2 Å². The van der Waals surface area contributed by atoms with Crippen LogP contribution in [0.3, 0.4) is 0 Å². The average Bonchev–Trinajstić information content (AvgIpc) is 2.86. The zero-order chi connectivity index (χ0) is 14.6. The molecule has 2 aromatic rings. The molecular weight excluding hydrogens is 280 g/mol. The number of nitrogens with two attached hydrogens (primary N) is 1. The summed E-state index contributed by atoms with van der Waals surface area (Å²) in [5, 5.41) is 7.75. The van der Waals surface area contributed by atoms with Crippen molar-refractivity contribution in [2.24, 2.45) is 5.73 Å². The maximum Gasteiger partial charge on any atom is 0.175 e. The molecule has 1 heterocycles. The minimum atomic E-state index is -3.22. The molecule has 0 spiro atoms. The molecule has 1 aromatic carbocycles. The standard InChI is InChI=1S/C12H16N4O3S/c1-20(17,18)12-4-2-3-11(7-12)19-6-5-16-9-10(8-13)14-15-16/h2-4,7,9H,5-6,8,13H2,1H3. The van der Waals surface area contributed by atoms with Crippen molar-refractivity contribution in [2.75, 3.05) is 12.9 Å². The van der Waals surface area contributed by atoms with Gasteiger partial charge in [0.1, 0.15) is 12.4 Å². The molecule has 108 valence electrons. The molecule has 2 rings (SSSR count). The Bertz CT molecular complexity index is 682. The lowest BCUT2D eigenvalue weighted by Gasteiger charge is -2.07. The first-order chi connectivity index (χ1) is 9.49. The summed E-state index contributed by atoms with van der Waals surface area (Å²) in [6.45, 7) is 1.22. The van der Waals surface area contributed by atoms with E-state index >= 15 is 0 Å². The van der Waals surface area contributed by atoms with E-state index in [-0.39, 0.29) is 4.90 Å². The van der Waals surface area contributed by atoms with Crippen molar-refractivity contribution in [1.82, 2.24) is 15.0 Å². The van der Waals surface area contributed by atoms with E-state index < -0.39 is 9.84 Å². The normalized spacial score (nSPS) is 11.5. The van der Waals surface area contributed by atoms with Gasteiger partial charge in [-0.1, -0.05) is 11.3 Å². The van der Waals surface area contributed by atoms with Gasteiger partial charge < -0.3 is 10.5 Å². The summed E-state index contributed by atoms with van der Waals surface area (Å²) in [7, 11) is -3.22. The fourth-order valence-corrected chi connectivity index (χ4v) is 2.25. The number of sulfone groups is 1. The molecular formula is C12H16N4O3S. The molecule has 8 heteroatoms. The Morgan fingerprint density at radius 1 is 1.40 bits per heavy atom. The van der Waals surface area contributed by atoms with Crippen molar-refractivity contribution >= 4 is 9.84 Å². The molecule has 0 fully saturated rings. The highest BCUT2D eigenvalue weighted by Crippen LogP contribution is 2.17. The zero-order valence-corrected chi connectivity index (χ0v) is 11.9. The number of rotatable bonds is 6. The van der Waals surface area contributed by atoms with E-state index in [2.05, 4.69) is 10.3 Å². The molecule has 0 aliphatic rings. The van der Waals surface area contributed by atoms with E-state index in [9.17, 15) is 8.42 Å². The average molecular weight is 296 g/mol. The van der Waals surface area contributed by atoms with Crippen molar-refractivity contribution in [1.29, 1.82) is 0 Å². The van der Waals surface area contributed by atoms with Gasteiger partial charge in [-0.2, -0.15) is 0 Å². The molecule has 0 radical (unpaired) electrons. The third-order valence-corrected chi connectivity index (χ3v) is 3.73. The minimum absolute atomic E-state index is 0.237. The van der Waals surface area contributed by atoms with E-state index in [1.807, 2.05) is 0 Å². The second-order valence-electron chi connectivity index (χ2n) is 4.27. The van der Waals surface area contributed by atoms with E-state index in [0.29, 0.717) is 31.1 Å². The van der Waals surface area contributed by atoms with Crippen molar-refractivity contribution in [3.63, 3.8) is 0 Å². The molecule has 0 amide bonds. The summed E-state index contributed by atoms with van der Waals surface area (Å²) in [6.07, 6.45) is 2.91. The van der Waals surface area contributed by atoms with E-state index in [0.717, 1.165) is 6.26 Å². The Kier molecular flexibility index (Phi) is 4.35. The Morgan fingerprint density at radius 2 is 2.20 bits per heavy atom. The topological polar surface area (TPSA) is 100 Å². The Hall–Kier alpha value is -1.93. The Morgan fingerprint density at radius 3 is 2.85 bits per heavy atom. The number of aromatic nitrogens is 3. The van der Waals surface area contributed by atoms with Gasteiger partial charge in [0.2, 0.25) is 0 Å². The molecule has 0 aliphatic heterocycles. The van der Waals surface area contributed by atoms with Crippen LogP contribution in [0.4, 0.5) is 0 Å². The third kappa shape index (κ3) is 3.78. The summed E-state index contributed by atoms with van der Waals surface area (Å²) in [5.41, 5.74) is 6.15. The highest BCUT2D eigenvalue weighted by Gasteiger charge is 2.07. The van der Waals surface area contributed by atoms with Crippen LogP contribution in [0.15, 0.2) is 35.4 Å². The van der Waals surface area contributed by atoms with Crippen LogP contribution in [-0.4, -0.2) is 36.3 Å². The summed E-state index contributed by atoms with van der Waals surface area (Å²) in [6, 6.07) is 6.39. The van der Waals surface area contributed by atoms with Crippen LogP contribution < -0.4 is 10.5 Å². The molecule has 0 saturated heterocycles. The molecule has 20 heavy (non-hydrogen) atoms. The van der Waals surface area contributed by atoms with Crippen molar-refractivity contribution < 1.29 is 13.2 Å². The van der Waals surface area contributed by atoms with Gasteiger partial charge in [0.15, 0.2) is 9.84 Å². The number of hydrogen-bond acceptors (Lipinski definition) is 6. The van der Waals surface area contributed by atoms with E-state index in [1.54, 1.807) is 23.0 Å². The zero-order valence-electron chi connectivity index (χ0n) is 11.1. The number of nitrogens with zero attached hydrogens (tertiary/aromatic N) is 3. The van der Waals surface area contributed by atoms with Gasteiger partial charge in [0.05, 0.1) is 17.1 Å². The lowest BCUT2D eigenvalue weighted by Crippen LogP contribution is -2.09. The van der Waals surface area contributed by atoms with E-state index in [1.165, 1.54) is 12.1 Å². The van der Waals surface area contributed by atoms with Gasteiger partial charge in [-0.05, 0) is 18.2 Å².